The molecule has 0 atom stereocenters. The minimum absolute atomic E-state index is 0.225. The Morgan fingerprint density at radius 2 is 1.61 bits per heavy atom. The standard InChI is InChI=1S/C22H18N6O2S/c1-3-31-22-24-21(25-26-22)28-11-9-17-15(20(28)30)12-14-16(23-17)8-10-27(19(14)29)18-7-5-4-6-13(18)2/h4-12H,3H2,1-2H3,(H,24,25,26). The largest absolute Gasteiger partial charge is 0.283 e. The zero-order valence-corrected chi connectivity index (χ0v) is 17.7. The fourth-order valence-electron chi connectivity index (χ4n) is 3.55. The van der Waals surface area contributed by atoms with E-state index in [1.165, 1.54) is 16.3 Å². The van der Waals surface area contributed by atoms with Crippen LogP contribution in [0.25, 0.3) is 33.4 Å². The van der Waals surface area contributed by atoms with E-state index in [4.69, 9.17) is 0 Å². The normalized spacial score (nSPS) is 11.4. The smallest absolute Gasteiger partial charge is 0.266 e. The summed E-state index contributed by atoms with van der Waals surface area (Å²) < 4.78 is 2.96. The highest BCUT2D eigenvalue weighted by Gasteiger charge is 2.13. The molecule has 5 aromatic rings. The van der Waals surface area contributed by atoms with Gasteiger partial charge in [-0.3, -0.25) is 18.7 Å². The van der Waals surface area contributed by atoms with E-state index < -0.39 is 0 Å². The first-order chi connectivity index (χ1) is 15.1. The number of hydrogen-bond acceptors (Lipinski definition) is 6. The van der Waals surface area contributed by atoms with Crippen LogP contribution in [0.5, 0.6) is 0 Å². The molecule has 0 unspecified atom stereocenters. The van der Waals surface area contributed by atoms with Gasteiger partial charge < -0.3 is 0 Å². The number of hydrogen-bond donors (Lipinski definition) is 1. The van der Waals surface area contributed by atoms with Crippen molar-refractivity contribution in [3.05, 3.63) is 81.1 Å². The summed E-state index contributed by atoms with van der Waals surface area (Å²) in [5, 5.41) is 8.21. The highest BCUT2D eigenvalue weighted by molar-refractivity contribution is 7.99. The monoisotopic (exact) mass is 430 g/mol. The first-order valence-corrected chi connectivity index (χ1v) is 10.7. The number of nitrogens with zero attached hydrogens (tertiary/aromatic N) is 5. The number of rotatable bonds is 4. The highest BCUT2D eigenvalue weighted by Crippen LogP contribution is 2.18. The maximum absolute atomic E-state index is 13.2. The molecule has 154 valence electrons. The maximum Gasteiger partial charge on any atom is 0.266 e. The zero-order valence-electron chi connectivity index (χ0n) is 16.9. The Morgan fingerprint density at radius 1 is 0.935 bits per heavy atom. The van der Waals surface area contributed by atoms with Gasteiger partial charge in [-0.25, -0.2) is 10.1 Å². The predicted octanol–water partition coefficient (Wildman–Crippen LogP) is 3.23. The van der Waals surface area contributed by atoms with Gasteiger partial charge in [0.2, 0.25) is 11.1 Å². The van der Waals surface area contributed by atoms with Crippen LogP contribution in [0.1, 0.15) is 12.5 Å². The molecule has 0 aliphatic heterocycles. The van der Waals surface area contributed by atoms with E-state index in [0.717, 1.165) is 17.0 Å². The zero-order chi connectivity index (χ0) is 21.5. The second-order valence-corrected chi connectivity index (χ2v) is 8.23. The Labute approximate surface area is 180 Å². The van der Waals surface area contributed by atoms with Crippen LogP contribution in [0.4, 0.5) is 0 Å². The lowest BCUT2D eigenvalue weighted by molar-refractivity contribution is 0.901. The minimum Gasteiger partial charge on any atom is -0.283 e. The number of aryl methyl sites for hydroxylation is 1. The number of para-hydroxylation sites is 1. The van der Waals surface area contributed by atoms with Gasteiger partial charge in [-0.1, -0.05) is 36.9 Å². The molecule has 0 saturated heterocycles. The van der Waals surface area contributed by atoms with E-state index >= 15 is 0 Å². The molecule has 0 bridgehead atoms. The van der Waals surface area contributed by atoms with Crippen LogP contribution in [0.2, 0.25) is 0 Å². The van der Waals surface area contributed by atoms with Crippen molar-refractivity contribution in [3.8, 4) is 11.6 Å². The number of aromatic amines is 1. The van der Waals surface area contributed by atoms with Gasteiger partial charge in [0.1, 0.15) is 0 Å². The maximum atomic E-state index is 13.2. The third kappa shape index (κ3) is 3.23. The predicted molar refractivity (Wildman–Crippen MR) is 122 cm³/mol. The molecule has 0 radical (unpaired) electrons. The van der Waals surface area contributed by atoms with Crippen molar-refractivity contribution in [3.63, 3.8) is 0 Å². The molecule has 31 heavy (non-hydrogen) atoms. The minimum atomic E-state index is -0.318. The third-order valence-electron chi connectivity index (χ3n) is 5.07. The molecule has 9 heteroatoms. The number of benzene rings is 1. The summed E-state index contributed by atoms with van der Waals surface area (Å²) in [6.07, 6.45) is 3.33. The fraction of sp³-hybridized carbons (Fsp3) is 0.136. The van der Waals surface area contributed by atoms with Gasteiger partial charge in [0.15, 0.2) is 0 Å². The Balaban J connectivity index is 1.72. The van der Waals surface area contributed by atoms with E-state index in [-0.39, 0.29) is 11.1 Å². The van der Waals surface area contributed by atoms with Gasteiger partial charge in [-0.15, -0.1) is 5.10 Å². The second kappa shape index (κ2) is 7.51. The molecule has 1 N–H and O–H groups in total. The highest BCUT2D eigenvalue weighted by atomic mass is 32.2. The number of aromatic nitrogens is 6. The number of pyridine rings is 3. The molecule has 4 heterocycles. The molecule has 0 saturated carbocycles. The van der Waals surface area contributed by atoms with Crippen molar-refractivity contribution in [2.75, 3.05) is 5.75 Å². The molecule has 0 spiro atoms. The van der Waals surface area contributed by atoms with Crippen LogP contribution in [0, 0.1) is 6.92 Å². The SMILES string of the molecule is CCSc1n[nH]c(-n2ccc3nc4ccn(-c5ccccc5C)c(=O)c4cc3c2=O)n1. The molecule has 4 aromatic heterocycles. The molecular weight excluding hydrogens is 412 g/mol. The van der Waals surface area contributed by atoms with Gasteiger partial charge in [0.05, 0.1) is 27.5 Å². The number of nitrogens with one attached hydrogen (secondary N) is 1. The Hall–Kier alpha value is -3.72. The van der Waals surface area contributed by atoms with E-state index in [0.29, 0.717) is 32.9 Å². The Morgan fingerprint density at radius 3 is 2.32 bits per heavy atom. The quantitative estimate of drug-likeness (QED) is 0.347. The lowest BCUT2D eigenvalue weighted by atomic mass is 10.1. The van der Waals surface area contributed by atoms with Crippen molar-refractivity contribution < 1.29 is 0 Å². The molecule has 0 amide bonds. The fourth-order valence-corrected chi connectivity index (χ4v) is 4.07. The van der Waals surface area contributed by atoms with E-state index in [9.17, 15) is 9.59 Å². The molecule has 0 fully saturated rings. The Kier molecular flexibility index (Phi) is 4.67. The molecule has 1 aromatic carbocycles. The molecular formula is C22H18N6O2S. The van der Waals surface area contributed by atoms with Crippen LogP contribution in [-0.2, 0) is 0 Å². The van der Waals surface area contributed by atoms with E-state index in [2.05, 4.69) is 20.2 Å². The average Bonchev–Trinajstić information content (AvgIpc) is 3.23. The van der Waals surface area contributed by atoms with Crippen LogP contribution < -0.4 is 11.1 Å². The van der Waals surface area contributed by atoms with Gasteiger partial charge >= 0.3 is 0 Å². The van der Waals surface area contributed by atoms with Crippen LogP contribution in [0.3, 0.4) is 0 Å². The summed E-state index contributed by atoms with van der Waals surface area (Å²) in [4.78, 5) is 35.3. The summed E-state index contributed by atoms with van der Waals surface area (Å²) >= 11 is 1.48. The summed E-state index contributed by atoms with van der Waals surface area (Å²) in [7, 11) is 0. The number of H-pyrrole nitrogens is 1. The Bertz CT molecular complexity index is 1570. The van der Waals surface area contributed by atoms with Crippen molar-refractivity contribution in [1.29, 1.82) is 0 Å². The van der Waals surface area contributed by atoms with E-state index in [1.54, 1.807) is 35.2 Å². The third-order valence-corrected chi connectivity index (χ3v) is 5.80. The van der Waals surface area contributed by atoms with Crippen molar-refractivity contribution in [1.82, 2.24) is 29.3 Å². The molecule has 0 aliphatic carbocycles. The first kappa shape index (κ1) is 19.3. The van der Waals surface area contributed by atoms with Crippen LogP contribution >= 0.6 is 11.8 Å². The van der Waals surface area contributed by atoms with Gasteiger partial charge in [0.25, 0.3) is 11.1 Å². The summed E-state index contributed by atoms with van der Waals surface area (Å²) in [5.41, 5.74) is 2.29. The summed E-state index contributed by atoms with van der Waals surface area (Å²) in [5.74, 6) is 1.15. The lowest BCUT2D eigenvalue weighted by Gasteiger charge is -2.10. The number of fused-ring (bicyclic) bond motifs is 2. The van der Waals surface area contributed by atoms with Gasteiger partial charge in [-0.05, 0) is 42.5 Å². The van der Waals surface area contributed by atoms with E-state index in [1.807, 2.05) is 38.1 Å². The second-order valence-electron chi connectivity index (χ2n) is 7.00. The molecule has 8 nitrogen and oxygen atoms in total. The van der Waals surface area contributed by atoms with Crippen LogP contribution in [-0.4, -0.2) is 35.1 Å². The van der Waals surface area contributed by atoms with Gasteiger partial charge in [-0.2, -0.15) is 4.98 Å². The molecule has 5 rings (SSSR count). The van der Waals surface area contributed by atoms with Crippen molar-refractivity contribution in [2.24, 2.45) is 0 Å². The van der Waals surface area contributed by atoms with Crippen molar-refractivity contribution in [2.45, 2.75) is 19.0 Å². The summed E-state index contributed by atoms with van der Waals surface area (Å²) in [6.45, 7) is 3.95. The van der Waals surface area contributed by atoms with Crippen LogP contribution in [0.15, 0.2) is 69.6 Å². The first-order valence-electron chi connectivity index (χ1n) is 9.76. The summed E-state index contributed by atoms with van der Waals surface area (Å²) in [6, 6.07) is 12.8. The van der Waals surface area contributed by atoms with Gasteiger partial charge in [0, 0.05) is 12.4 Å². The topological polar surface area (TPSA) is 98.5 Å². The lowest BCUT2D eigenvalue weighted by Crippen LogP contribution is -2.21. The van der Waals surface area contributed by atoms with Crippen molar-refractivity contribution >= 4 is 33.6 Å². The average molecular weight is 430 g/mol. The number of thioether (sulfide) groups is 1. The molecule has 0 aliphatic rings.